The maximum atomic E-state index is 8.90. The lowest BCUT2D eigenvalue weighted by Crippen LogP contribution is -2.01. The highest BCUT2D eigenvalue weighted by atomic mass is 35.5. The first-order valence-corrected chi connectivity index (χ1v) is 6.10. The molecule has 0 saturated heterocycles. The molecule has 0 saturated carbocycles. The molecule has 0 N–H and O–H groups in total. The van der Waals surface area contributed by atoms with E-state index in [9.17, 15) is 0 Å². The highest BCUT2D eigenvalue weighted by Gasteiger charge is 2.10. The summed E-state index contributed by atoms with van der Waals surface area (Å²) in [6.45, 7) is 5.24. The Labute approximate surface area is 107 Å². The summed E-state index contributed by atoms with van der Waals surface area (Å²) in [5, 5.41) is 9.30. The second kappa shape index (κ2) is 7.03. The summed E-state index contributed by atoms with van der Waals surface area (Å²) in [5.41, 5.74) is 0.404. The zero-order chi connectivity index (χ0) is 12.7. The van der Waals surface area contributed by atoms with Crippen LogP contribution in [0.1, 0.15) is 32.3 Å². The van der Waals surface area contributed by atoms with Gasteiger partial charge in [-0.3, -0.25) is 0 Å². The highest BCUT2D eigenvalue weighted by molar-refractivity contribution is 6.31. The van der Waals surface area contributed by atoms with Gasteiger partial charge in [-0.15, -0.1) is 0 Å². The fourth-order valence-corrected chi connectivity index (χ4v) is 1.47. The number of nitriles is 1. The molecular weight excluding hydrogens is 238 g/mol. The van der Waals surface area contributed by atoms with Crippen molar-refractivity contribution in [2.24, 2.45) is 0 Å². The van der Waals surface area contributed by atoms with E-state index in [-0.39, 0.29) is 0 Å². The standard InChI is InChI=1S/C13H16ClNO2/c1-3-5-16-12-7-10(9-15)11(14)8-13(12)17-6-4-2/h7-8H,3-6H2,1-2H3. The molecule has 0 bridgehead atoms. The largest absolute Gasteiger partial charge is 0.490 e. The number of hydrogen-bond acceptors (Lipinski definition) is 3. The number of rotatable bonds is 6. The first-order chi connectivity index (χ1) is 8.22. The molecule has 1 aromatic rings. The van der Waals surface area contributed by atoms with Crippen LogP contribution in [0.15, 0.2) is 12.1 Å². The highest BCUT2D eigenvalue weighted by Crippen LogP contribution is 2.33. The minimum Gasteiger partial charge on any atom is -0.490 e. The zero-order valence-corrected chi connectivity index (χ0v) is 10.9. The smallest absolute Gasteiger partial charge is 0.162 e. The normalized spacial score (nSPS) is 9.76. The van der Waals surface area contributed by atoms with E-state index < -0.39 is 0 Å². The van der Waals surface area contributed by atoms with Crippen LogP contribution >= 0.6 is 11.6 Å². The van der Waals surface area contributed by atoms with Gasteiger partial charge < -0.3 is 9.47 Å². The molecule has 0 fully saturated rings. The van der Waals surface area contributed by atoms with Crippen molar-refractivity contribution in [3.8, 4) is 17.6 Å². The van der Waals surface area contributed by atoms with Gasteiger partial charge in [0.15, 0.2) is 11.5 Å². The van der Waals surface area contributed by atoms with E-state index in [1.54, 1.807) is 12.1 Å². The lowest BCUT2D eigenvalue weighted by molar-refractivity contribution is 0.268. The minimum atomic E-state index is 0.391. The van der Waals surface area contributed by atoms with Gasteiger partial charge in [0.2, 0.25) is 0 Å². The van der Waals surface area contributed by atoms with E-state index in [2.05, 4.69) is 0 Å². The second-order valence-electron chi connectivity index (χ2n) is 3.59. The van der Waals surface area contributed by atoms with Crippen molar-refractivity contribution in [2.45, 2.75) is 26.7 Å². The third kappa shape index (κ3) is 3.83. The van der Waals surface area contributed by atoms with Crippen molar-refractivity contribution in [1.29, 1.82) is 5.26 Å². The van der Waals surface area contributed by atoms with Crippen LogP contribution in [-0.4, -0.2) is 13.2 Å². The molecule has 0 aromatic heterocycles. The predicted octanol–water partition coefficient (Wildman–Crippen LogP) is 3.79. The van der Waals surface area contributed by atoms with Gasteiger partial charge in [0, 0.05) is 12.1 Å². The van der Waals surface area contributed by atoms with E-state index in [0.717, 1.165) is 12.8 Å². The Hall–Kier alpha value is -1.40. The van der Waals surface area contributed by atoms with Crippen LogP contribution in [-0.2, 0) is 0 Å². The Morgan fingerprint density at radius 2 is 1.65 bits per heavy atom. The van der Waals surface area contributed by atoms with Gasteiger partial charge >= 0.3 is 0 Å². The van der Waals surface area contributed by atoms with E-state index in [4.69, 9.17) is 26.3 Å². The molecule has 0 heterocycles. The quantitative estimate of drug-likeness (QED) is 0.775. The van der Waals surface area contributed by atoms with Crippen LogP contribution in [0, 0.1) is 11.3 Å². The lowest BCUT2D eigenvalue weighted by Gasteiger charge is -2.13. The predicted molar refractivity (Wildman–Crippen MR) is 67.7 cm³/mol. The van der Waals surface area contributed by atoms with Crippen molar-refractivity contribution in [3.63, 3.8) is 0 Å². The number of hydrogen-bond donors (Lipinski definition) is 0. The summed E-state index contributed by atoms with van der Waals surface area (Å²) in [6, 6.07) is 5.30. The van der Waals surface area contributed by atoms with Crippen molar-refractivity contribution < 1.29 is 9.47 Å². The van der Waals surface area contributed by atoms with Crippen LogP contribution in [0.25, 0.3) is 0 Å². The van der Waals surface area contributed by atoms with Crippen LogP contribution in [0.2, 0.25) is 5.02 Å². The van der Waals surface area contributed by atoms with Crippen molar-refractivity contribution in [2.75, 3.05) is 13.2 Å². The van der Waals surface area contributed by atoms with Crippen molar-refractivity contribution in [3.05, 3.63) is 22.7 Å². The van der Waals surface area contributed by atoms with Gasteiger partial charge in [-0.2, -0.15) is 5.26 Å². The molecule has 17 heavy (non-hydrogen) atoms. The minimum absolute atomic E-state index is 0.391. The van der Waals surface area contributed by atoms with Crippen LogP contribution in [0.3, 0.4) is 0 Å². The molecule has 4 heteroatoms. The van der Waals surface area contributed by atoms with E-state index >= 15 is 0 Å². The van der Waals surface area contributed by atoms with Gasteiger partial charge in [0.25, 0.3) is 0 Å². The third-order valence-corrected chi connectivity index (χ3v) is 2.39. The molecule has 1 aromatic carbocycles. The van der Waals surface area contributed by atoms with Crippen LogP contribution in [0.4, 0.5) is 0 Å². The molecule has 1 rings (SSSR count). The Morgan fingerprint density at radius 1 is 1.12 bits per heavy atom. The lowest BCUT2D eigenvalue weighted by atomic mass is 10.2. The Kier molecular flexibility index (Phi) is 5.65. The number of ether oxygens (including phenoxy) is 2. The summed E-state index contributed by atoms with van der Waals surface area (Å²) in [4.78, 5) is 0. The molecule has 0 spiro atoms. The molecule has 0 aliphatic rings. The first-order valence-electron chi connectivity index (χ1n) is 5.72. The molecule has 3 nitrogen and oxygen atoms in total. The maximum absolute atomic E-state index is 8.90. The van der Waals surface area contributed by atoms with E-state index in [1.807, 2.05) is 19.9 Å². The second-order valence-corrected chi connectivity index (χ2v) is 3.99. The SMILES string of the molecule is CCCOc1cc(Cl)c(C#N)cc1OCCC. The zero-order valence-electron chi connectivity index (χ0n) is 10.1. The number of benzene rings is 1. The summed E-state index contributed by atoms with van der Waals surface area (Å²) < 4.78 is 11.1. The van der Waals surface area contributed by atoms with E-state index in [0.29, 0.717) is 35.3 Å². The molecule has 0 amide bonds. The van der Waals surface area contributed by atoms with Gasteiger partial charge in [-0.25, -0.2) is 0 Å². The fourth-order valence-electron chi connectivity index (χ4n) is 1.27. The molecule has 0 radical (unpaired) electrons. The maximum Gasteiger partial charge on any atom is 0.162 e. The van der Waals surface area contributed by atoms with Crippen molar-refractivity contribution in [1.82, 2.24) is 0 Å². The molecule has 0 unspecified atom stereocenters. The molecule has 0 aliphatic carbocycles. The summed E-state index contributed by atoms with van der Waals surface area (Å²) >= 11 is 5.96. The Balaban J connectivity index is 2.99. The van der Waals surface area contributed by atoms with Gasteiger partial charge in [-0.1, -0.05) is 25.4 Å². The third-order valence-electron chi connectivity index (χ3n) is 2.08. The summed E-state index contributed by atoms with van der Waals surface area (Å²) in [6.07, 6.45) is 1.81. The summed E-state index contributed by atoms with van der Waals surface area (Å²) in [5.74, 6) is 1.19. The van der Waals surface area contributed by atoms with Crippen molar-refractivity contribution >= 4 is 11.6 Å². The van der Waals surface area contributed by atoms with Gasteiger partial charge in [0.05, 0.1) is 23.8 Å². The monoisotopic (exact) mass is 253 g/mol. The topological polar surface area (TPSA) is 42.2 Å². The number of halogens is 1. The number of nitrogens with zero attached hydrogens (tertiary/aromatic N) is 1. The summed E-state index contributed by atoms with van der Waals surface area (Å²) in [7, 11) is 0. The molecule has 0 aliphatic heterocycles. The van der Waals surface area contributed by atoms with Crippen LogP contribution < -0.4 is 9.47 Å². The molecule has 92 valence electrons. The average molecular weight is 254 g/mol. The van der Waals surface area contributed by atoms with Crippen LogP contribution in [0.5, 0.6) is 11.5 Å². The molecular formula is C13H16ClNO2. The first kappa shape index (κ1) is 13.7. The fraction of sp³-hybridized carbons (Fsp3) is 0.462. The molecule has 0 atom stereocenters. The van der Waals surface area contributed by atoms with Gasteiger partial charge in [-0.05, 0) is 12.8 Å². The van der Waals surface area contributed by atoms with Gasteiger partial charge in [0.1, 0.15) is 6.07 Å². The van der Waals surface area contributed by atoms with E-state index in [1.165, 1.54) is 0 Å². The Bertz CT molecular complexity index is 413. The average Bonchev–Trinajstić information content (AvgIpc) is 2.34. The Morgan fingerprint density at radius 3 is 2.12 bits per heavy atom.